The molecule has 0 atom stereocenters. The van der Waals surface area contributed by atoms with E-state index in [1.807, 2.05) is 0 Å². The van der Waals surface area contributed by atoms with E-state index in [1.165, 1.54) is 16.7 Å². The lowest BCUT2D eigenvalue weighted by Gasteiger charge is -2.03. The van der Waals surface area contributed by atoms with Gasteiger partial charge in [0.2, 0.25) is 0 Å². The van der Waals surface area contributed by atoms with Crippen molar-refractivity contribution >= 4 is 65.4 Å². The summed E-state index contributed by atoms with van der Waals surface area (Å²) in [4.78, 5) is 20.0. The summed E-state index contributed by atoms with van der Waals surface area (Å²) in [5.74, 6) is 0. The highest BCUT2D eigenvalue weighted by Gasteiger charge is 2.21. The number of fused-ring (bicyclic) bond motifs is 12. The molecule has 12 nitrogen and oxygen atoms in total. The Kier molecular flexibility index (Phi) is 7.51. The Hall–Kier alpha value is -5.79. The standard InChI is InChI=1S/C33H30N12/c34-43-37-13-1-4-19-7-10-25-22(16-19)28-31(40-25)29-24-18-21(6-3-15-39-45-36)9-12-27(24)42-33(29)30-23-17-20(5-2-14-38-44-35)8-11-26(23)41-32(28)30/h7-12,16-18,40-42H,1-6,13-15H2. The molecule has 0 bridgehead atoms. The number of aromatic amines is 3. The Balaban J connectivity index is 1.48. The summed E-state index contributed by atoms with van der Waals surface area (Å²) in [7, 11) is 0. The van der Waals surface area contributed by atoms with E-state index < -0.39 is 0 Å². The molecule has 45 heavy (non-hydrogen) atoms. The third kappa shape index (κ3) is 5.09. The average molecular weight is 595 g/mol. The first-order valence-corrected chi connectivity index (χ1v) is 15.2. The van der Waals surface area contributed by atoms with Crippen molar-refractivity contribution in [3.8, 4) is 0 Å². The highest BCUT2D eigenvalue weighted by atomic mass is 15.1. The van der Waals surface area contributed by atoms with E-state index in [0.717, 1.165) is 104 Å². The molecule has 0 amide bonds. The summed E-state index contributed by atoms with van der Waals surface area (Å²) in [6.07, 6.45) is 4.84. The van der Waals surface area contributed by atoms with E-state index in [-0.39, 0.29) is 0 Å². The molecule has 3 N–H and O–H groups in total. The molecule has 4 aromatic carbocycles. The summed E-state index contributed by atoms with van der Waals surface area (Å²) in [5, 5.41) is 18.0. The predicted molar refractivity (Wildman–Crippen MR) is 182 cm³/mol. The highest BCUT2D eigenvalue weighted by Crippen LogP contribution is 2.44. The van der Waals surface area contributed by atoms with Gasteiger partial charge in [0.25, 0.3) is 0 Å². The van der Waals surface area contributed by atoms with Gasteiger partial charge in [-0.05, 0) is 108 Å². The summed E-state index contributed by atoms with van der Waals surface area (Å²) >= 11 is 0. The van der Waals surface area contributed by atoms with Gasteiger partial charge in [-0.2, -0.15) is 0 Å². The van der Waals surface area contributed by atoms with Gasteiger partial charge in [-0.25, -0.2) is 0 Å². The molecule has 0 saturated heterocycles. The quantitative estimate of drug-likeness (QED) is 0.0524. The summed E-state index contributed by atoms with van der Waals surface area (Å²) in [6, 6.07) is 19.7. The van der Waals surface area contributed by atoms with Crippen molar-refractivity contribution in [3.05, 3.63) is 103 Å². The van der Waals surface area contributed by atoms with Gasteiger partial charge in [0, 0.05) is 83.2 Å². The molecular weight excluding hydrogens is 564 g/mol. The molecule has 0 spiro atoms. The van der Waals surface area contributed by atoms with Crippen LogP contribution in [0.15, 0.2) is 69.9 Å². The first-order chi connectivity index (χ1) is 22.2. The van der Waals surface area contributed by atoms with Gasteiger partial charge >= 0.3 is 0 Å². The van der Waals surface area contributed by atoms with Crippen molar-refractivity contribution in [1.29, 1.82) is 0 Å². The highest BCUT2D eigenvalue weighted by molar-refractivity contribution is 6.38. The molecular formula is C33H30N12. The van der Waals surface area contributed by atoms with Crippen LogP contribution < -0.4 is 0 Å². The van der Waals surface area contributed by atoms with E-state index in [2.05, 4.69) is 99.6 Å². The molecule has 0 fully saturated rings. The number of aromatic nitrogens is 3. The normalized spacial score (nSPS) is 11.5. The average Bonchev–Trinajstić information content (AvgIpc) is 3.74. The molecule has 12 heteroatoms. The van der Waals surface area contributed by atoms with Crippen molar-refractivity contribution in [2.45, 2.75) is 38.5 Å². The molecule has 0 unspecified atom stereocenters. The number of benzene rings is 4. The molecule has 7 rings (SSSR count). The number of hydrogen-bond acceptors (Lipinski definition) is 3. The molecule has 0 aliphatic rings. The van der Waals surface area contributed by atoms with E-state index in [0.29, 0.717) is 19.6 Å². The zero-order valence-corrected chi connectivity index (χ0v) is 24.6. The minimum Gasteiger partial charge on any atom is -0.354 e. The number of nitrogens with one attached hydrogen (secondary N) is 3. The number of rotatable bonds is 12. The second-order valence-electron chi connectivity index (χ2n) is 11.4. The maximum absolute atomic E-state index is 8.68. The fourth-order valence-electron chi connectivity index (χ4n) is 6.72. The Morgan fingerprint density at radius 3 is 1.07 bits per heavy atom. The monoisotopic (exact) mass is 594 g/mol. The van der Waals surface area contributed by atoms with Gasteiger partial charge in [0.1, 0.15) is 0 Å². The Bertz CT molecular complexity index is 2090. The van der Waals surface area contributed by atoms with Crippen LogP contribution in [0.3, 0.4) is 0 Å². The Morgan fingerprint density at radius 1 is 0.467 bits per heavy atom. The fourth-order valence-corrected chi connectivity index (χ4v) is 6.72. The van der Waals surface area contributed by atoms with Crippen LogP contribution in [0, 0.1) is 0 Å². The van der Waals surface area contributed by atoms with Crippen molar-refractivity contribution in [2.24, 2.45) is 15.3 Å². The van der Waals surface area contributed by atoms with Crippen LogP contribution in [0.25, 0.3) is 96.7 Å². The lowest BCUT2D eigenvalue weighted by atomic mass is 9.99. The van der Waals surface area contributed by atoms with E-state index in [1.54, 1.807) is 0 Å². The number of H-pyrrole nitrogens is 3. The maximum Gasteiger partial charge on any atom is 0.0588 e. The SMILES string of the molecule is [N-]=[N+]=NCCCc1ccc2[nH]c3c(c2c1)c1[nH]c2ccc(CCCN=[N+]=[N-])cc2c1c1[nH]c2ccc(CCCN=[N+]=[N-])cc2c31. The lowest BCUT2D eigenvalue weighted by molar-refractivity contribution is 0.828. The van der Waals surface area contributed by atoms with Crippen LogP contribution in [0.5, 0.6) is 0 Å². The molecule has 0 saturated carbocycles. The van der Waals surface area contributed by atoms with Gasteiger partial charge in [0.05, 0.1) is 16.6 Å². The Labute approximate surface area is 256 Å². The molecule has 222 valence electrons. The van der Waals surface area contributed by atoms with Gasteiger partial charge in [-0.15, -0.1) is 0 Å². The van der Waals surface area contributed by atoms with Gasteiger partial charge < -0.3 is 15.0 Å². The molecule has 3 aromatic heterocycles. The third-order valence-electron chi connectivity index (χ3n) is 8.70. The minimum absolute atomic E-state index is 0.473. The van der Waals surface area contributed by atoms with Crippen LogP contribution in [-0.2, 0) is 19.3 Å². The van der Waals surface area contributed by atoms with Crippen molar-refractivity contribution < 1.29 is 0 Å². The first-order valence-electron chi connectivity index (χ1n) is 15.2. The van der Waals surface area contributed by atoms with Gasteiger partial charge in [0.15, 0.2) is 0 Å². The number of aryl methyl sites for hydroxylation is 3. The van der Waals surface area contributed by atoms with Crippen LogP contribution in [0.1, 0.15) is 36.0 Å². The molecule has 0 aliphatic heterocycles. The van der Waals surface area contributed by atoms with E-state index >= 15 is 0 Å². The zero-order chi connectivity index (χ0) is 30.8. The zero-order valence-electron chi connectivity index (χ0n) is 24.6. The smallest absolute Gasteiger partial charge is 0.0588 e. The minimum atomic E-state index is 0.473. The molecule has 0 aliphatic carbocycles. The Morgan fingerprint density at radius 2 is 0.778 bits per heavy atom. The van der Waals surface area contributed by atoms with Crippen molar-refractivity contribution in [2.75, 3.05) is 19.6 Å². The van der Waals surface area contributed by atoms with Crippen LogP contribution >= 0.6 is 0 Å². The molecule has 7 aromatic rings. The molecule has 3 heterocycles. The number of hydrogen-bond donors (Lipinski definition) is 3. The van der Waals surface area contributed by atoms with Crippen molar-refractivity contribution in [3.63, 3.8) is 0 Å². The van der Waals surface area contributed by atoms with Gasteiger partial charge in [-0.1, -0.05) is 33.5 Å². The van der Waals surface area contributed by atoms with E-state index in [9.17, 15) is 0 Å². The van der Waals surface area contributed by atoms with Gasteiger partial charge in [-0.3, -0.25) is 0 Å². The van der Waals surface area contributed by atoms with E-state index in [4.69, 9.17) is 16.6 Å². The number of nitrogens with zero attached hydrogens (tertiary/aromatic N) is 9. The van der Waals surface area contributed by atoms with Crippen LogP contribution in [0.2, 0.25) is 0 Å². The summed E-state index contributed by atoms with van der Waals surface area (Å²) < 4.78 is 0. The predicted octanol–water partition coefficient (Wildman–Crippen LogP) is 10.3. The largest absolute Gasteiger partial charge is 0.354 e. The molecule has 0 radical (unpaired) electrons. The van der Waals surface area contributed by atoms with Crippen LogP contribution in [0.4, 0.5) is 0 Å². The second kappa shape index (κ2) is 12.1. The second-order valence-corrected chi connectivity index (χ2v) is 11.4. The lowest BCUT2D eigenvalue weighted by Crippen LogP contribution is -1.87. The topological polar surface area (TPSA) is 194 Å². The summed E-state index contributed by atoms with van der Waals surface area (Å²) in [6.45, 7) is 1.42. The number of azide groups is 3. The third-order valence-corrected chi connectivity index (χ3v) is 8.70. The fraction of sp³-hybridized carbons (Fsp3) is 0.273. The van der Waals surface area contributed by atoms with Crippen LogP contribution in [-0.4, -0.2) is 34.6 Å². The van der Waals surface area contributed by atoms with Crippen molar-refractivity contribution in [1.82, 2.24) is 15.0 Å². The maximum atomic E-state index is 8.68. The first kappa shape index (κ1) is 28.0. The summed E-state index contributed by atoms with van der Waals surface area (Å²) in [5.41, 5.74) is 36.1.